The predicted octanol–water partition coefficient (Wildman–Crippen LogP) is 1.32. The minimum atomic E-state index is -0.654. The van der Waals surface area contributed by atoms with Crippen molar-refractivity contribution < 1.29 is 14.3 Å². The Morgan fingerprint density at radius 3 is 2.89 bits per heavy atom. The Bertz CT molecular complexity index is 641. The molecule has 0 aliphatic heterocycles. The molecule has 0 amide bonds. The third-order valence-corrected chi connectivity index (χ3v) is 2.50. The van der Waals surface area contributed by atoms with E-state index in [-0.39, 0.29) is 11.5 Å². The highest BCUT2D eigenvalue weighted by Gasteiger charge is 2.14. The molecule has 1 aromatic carbocycles. The first-order valence-electron chi connectivity index (χ1n) is 5.42. The van der Waals surface area contributed by atoms with Crippen LogP contribution in [-0.4, -0.2) is 29.3 Å². The summed E-state index contributed by atoms with van der Waals surface area (Å²) in [5, 5.41) is 0. The molecular formula is C13H11N3O3. The minimum Gasteiger partial charge on any atom is -0.464 e. The van der Waals surface area contributed by atoms with Crippen molar-refractivity contribution in [2.45, 2.75) is 0 Å². The lowest BCUT2D eigenvalue weighted by Gasteiger charge is -2.05. The first-order chi connectivity index (χ1) is 9.15. The standard InChI is InChI=1S/C13H11N3O3/c1-19-13(18)11-12(14)15-6-10(16-11)9-4-2-3-8(5-9)7-17/h2-7H,1H3,(H2,14,15). The van der Waals surface area contributed by atoms with E-state index in [1.807, 2.05) is 0 Å². The summed E-state index contributed by atoms with van der Waals surface area (Å²) in [4.78, 5) is 30.2. The molecule has 96 valence electrons. The van der Waals surface area contributed by atoms with E-state index in [1.54, 1.807) is 24.3 Å². The first kappa shape index (κ1) is 12.7. The van der Waals surface area contributed by atoms with Gasteiger partial charge >= 0.3 is 5.97 Å². The second-order valence-corrected chi connectivity index (χ2v) is 3.72. The molecule has 0 saturated carbocycles. The fourth-order valence-corrected chi connectivity index (χ4v) is 1.56. The number of nitrogens with two attached hydrogens (primary N) is 1. The highest BCUT2D eigenvalue weighted by Crippen LogP contribution is 2.19. The molecule has 0 saturated heterocycles. The summed E-state index contributed by atoms with van der Waals surface area (Å²) in [6.45, 7) is 0. The molecule has 0 fully saturated rings. The lowest BCUT2D eigenvalue weighted by molar-refractivity contribution is 0.0595. The van der Waals surface area contributed by atoms with Gasteiger partial charge in [0.2, 0.25) is 0 Å². The molecule has 6 heteroatoms. The highest BCUT2D eigenvalue weighted by molar-refractivity contribution is 5.92. The number of methoxy groups -OCH3 is 1. The van der Waals surface area contributed by atoms with Crippen LogP contribution in [-0.2, 0) is 4.74 Å². The van der Waals surface area contributed by atoms with Gasteiger partial charge in [-0.2, -0.15) is 0 Å². The van der Waals surface area contributed by atoms with Gasteiger partial charge in [0, 0.05) is 11.1 Å². The summed E-state index contributed by atoms with van der Waals surface area (Å²) < 4.78 is 4.58. The van der Waals surface area contributed by atoms with Gasteiger partial charge in [0.25, 0.3) is 0 Å². The number of anilines is 1. The van der Waals surface area contributed by atoms with E-state index in [9.17, 15) is 9.59 Å². The Kier molecular flexibility index (Phi) is 3.51. The fourth-order valence-electron chi connectivity index (χ4n) is 1.56. The summed E-state index contributed by atoms with van der Waals surface area (Å²) in [5.74, 6) is -0.652. The molecule has 0 aliphatic carbocycles. The molecule has 2 aromatic rings. The fraction of sp³-hybridized carbons (Fsp3) is 0.0769. The van der Waals surface area contributed by atoms with E-state index in [1.165, 1.54) is 13.3 Å². The largest absolute Gasteiger partial charge is 0.464 e. The molecule has 0 aliphatic rings. The third-order valence-electron chi connectivity index (χ3n) is 2.50. The lowest BCUT2D eigenvalue weighted by atomic mass is 10.1. The Balaban J connectivity index is 2.50. The van der Waals surface area contributed by atoms with Crippen LogP contribution in [0.3, 0.4) is 0 Å². The number of carbonyl (C=O) groups excluding carboxylic acids is 2. The maximum Gasteiger partial charge on any atom is 0.360 e. The number of benzene rings is 1. The average molecular weight is 257 g/mol. The number of esters is 1. The van der Waals surface area contributed by atoms with Crippen LogP contribution >= 0.6 is 0 Å². The van der Waals surface area contributed by atoms with Gasteiger partial charge in [-0.15, -0.1) is 0 Å². The normalized spacial score (nSPS) is 9.95. The van der Waals surface area contributed by atoms with Crippen LogP contribution in [0.15, 0.2) is 30.5 Å². The Morgan fingerprint density at radius 1 is 1.42 bits per heavy atom. The highest BCUT2D eigenvalue weighted by atomic mass is 16.5. The van der Waals surface area contributed by atoms with Crippen LogP contribution in [0.2, 0.25) is 0 Å². The van der Waals surface area contributed by atoms with E-state index in [4.69, 9.17) is 5.73 Å². The van der Waals surface area contributed by atoms with Gasteiger partial charge in [-0.1, -0.05) is 18.2 Å². The molecule has 0 unspecified atom stereocenters. The molecule has 1 heterocycles. The zero-order chi connectivity index (χ0) is 13.8. The van der Waals surface area contributed by atoms with E-state index >= 15 is 0 Å². The van der Waals surface area contributed by atoms with Gasteiger partial charge < -0.3 is 10.5 Å². The maximum absolute atomic E-state index is 11.5. The zero-order valence-electron chi connectivity index (χ0n) is 10.2. The zero-order valence-corrected chi connectivity index (χ0v) is 10.2. The van der Waals surface area contributed by atoms with Crippen molar-refractivity contribution in [3.05, 3.63) is 41.7 Å². The molecular weight excluding hydrogens is 246 g/mol. The summed E-state index contributed by atoms with van der Waals surface area (Å²) in [6, 6.07) is 6.79. The van der Waals surface area contributed by atoms with Gasteiger partial charge in [-0.05, 0) is 6.07 Å². The second kappa shape index (κ2) is 5.26. The molecule has 1 aromatic heterocycles. The SMILES string of the molecule is COC(=O)c1nc(-c2cccc(C=O)c2)cnc1N. The summed E-state index contributed by atoms with van der Waals surface area (Å²) in [7, 11) is 1.24. The number of nitrogens with zero attached hydrogens (tertiary/aromatic N) is 2. The van der Waals surface area contributed by atoms with Gasteiger partial charge in [-0.3, -0.25) is 4.79 Å². The van der Waals surface area contributed by atoms with Crippen LogP contribution in [0, 0.1) is 0 Å². The Labute approximate surface area is 109 Å². The molecule has 2 N–H and O–H groups in total. The van der Waals surface area contributed by atoms with Crippen LogP contribution in [0.5, 0.6) is 0 Å². The molecule has 0 atom stereocenters. The van der Waals surface area contributed by atoms with Crippen molar-refractivity contribution in [1.82, 2.24) is 9.97 Å². The number of carbonyl (C=O) groups is 2. The predicted molar refractivity (Wildman–Crippen MR) is 68.6 cm³/mol. The smallest absolute Gasteiger partial charge is 0.360 e. The molecule has 6 nitrogen and oxygen atoms in total. The summed E-state index contributed by atoms with van der Waals surface area (Å²) >= 11 is 0. The van der Waals surface area contributed by atoms with Crippen molar-refractivity contribution >= 4 is 18.1 Å². The maximum atomic E-state index is 11.5. The number of hydrogen-bond acceptors (Lipinski definition) is 6. The molecule has 19 heavy (non-hydrogen) atoms. The Morgan fingerprint density at radius 2 is 2.21 bits per heavy atom. The van der Waals surface area contributed by atoms with Crippen molar-refractivity contribution in [2.24, 2.45) is 0 Å². The van der Waals surface area contributed by atoms with Crippen LogP contribution in [0.25, 0.3) is 11.3 Å². The van der Waals surface area contributed by atoms with Crippen molar-refractivity contribution in [1.29, 1.82) is 0 Å². The van der Waals surface area contributed by atoms with Crippen molar-refractivity contribution in [2.75, 3.05) is 12.8 Å². The van der Waals surface area contributed by atoms with Gasteiger partial charge in [0.15, 0.2) is 11.5 Å². The topological polar surface area (TPSA) is 95.2 Å². The number of aldehydes is 1. The number of rotatable bonds is 3. The van der Waals surface area contributed by atoms with Gasteiger partial charge in [0.1, 0.15) is 6.29 Å². The van der Waals surface area contributed by atoms with Gasteiger partial charge in [-0.25, -0.2) is 14.8 Å². The van der Waals surface area contributed by atoms with Crippen LogP contribution in [0.4, 0.5) is 5.82 Å². The van der Waals surface area contributed by atoms with Crippen molar-refractivity contribution in [3.63, 3.8) is 0 Å². The van der Waals surface area contributed by atoms with E-state index in [0.29, 0.717) is 16.8 Å². The third kappa shape index (κ3) is 2.57. The summed E-state index contributed by atoms with van der Waals surface area (Å²) in [6.07, 6.45) is 2.17. The quantitative estimate of drug-likeness (QED) is 0.658. The van der Waals surface area contributed by atoms with Crippen LogP contribution in [0.1, 0.15) is 20.8 Å². The lowest BCUT2D eigenvalue weighted by Crippen LogP contribution is -2.10. The summed E-state index contributed by atoms with van der Waals surface area (Å²) in [5.41, 5.74) is 7.15. The number of hydrogen-bond donors (Lipinski definition) is 1. The number of nitrogen functional groups attached to an aromatic ring is 1. The van der Waals surface area contributed by atoms with E-state index < -0.39 is 5.97 Å². The molecule has 0 bridgehead atoms. The van der Waals surface area contributed by atoms with Gasteiger partial charge in [0.05, 0.1) is 19.0 Å². The van der Waals surface area contributed by atoms with Crippen LogP contribution < -0.4 is 5.73 Å². The number of aromatic nitrogens is 2. The molecule has 0 radical (unpaired) electrons. The van der Waals surface area contributed by atoms with E-state index in [0.717, 1.165) is 6.29 Å². The van der Waals surface area contributed by atoms with Crippen molar-refractivity contribution in [3.8, 4) is 11.3 Å². The number of ether oxygens (including phenoxy) is 1. The second-order valence-electron chi connectivity index (χ2n) is 3.72. The Hall–Kier alpha value is -2.76. The molecule has 2 rings (SSSR count). The monoisotopic (exact) mass is 257 g/mol. The molecule has 0 spiro atoms. The van der Waals surface area contributed by atoms with E-state index in [2.05, 4.69) is 14.7 Å². The first-order valence-corrected chi connectivity index (χ1v) is 5.42. The average Bonchev–Trinajstić information content (AvgIpc) is 2.47. The minimum absolute atomic E-state index is 0.00198.